The fraction of sp³-hybridized carbons (Fsp3) is 0.368. The molecule has 6 nitrogen and oxygen atoms in total. The minimum absolute atomic E-state index is 0.449. The molecule has 4 N–H and O–H groups in total. The van der Waals surface area contributed by atoms with Crippen LogP contribution in [0.2, 0.25) is 0 Å². The zero-order valence-electron chi connectivity index (χ0n) is 14.8. The van der Waals surface area contributed by atoms with E-state index in [1.54, 1.807) is 30.5 Å². The predicted molar refractivity (Wildman–Crippen MR) is 105 cm³/mol. The molecule has 0 spiro atoms. The van der Waals surface area contributed by atoms with Gasteiger partial charge in [0.1, 0.15) is 18.3 Å². The lowest BCUT2D eigenvalue weighted by Crippen LogP contribution is -2.54. The molecule has 28 heavy (non-hydrogen) atoms. The van der Waals surface area contributed by atoms with Gasteiger partial charge in [0.2, 0.25) is 0 Å². The van der Waals surface area contributed by atoms with Gasteiger partial charge in [0.25, 0.3) is 5.91 Å². The summed E-state index contributed by atoms with van der Waals surface area (Å²) in [5.41, 5.74) is 8.60. The number of benzene rings is 1. The standard InChI is InChI=1S/C19H20Cl2FN3O3/c20-17(21)18(27)25-14(7-22)16(26)12-3-1-11(2-4-12)13-5-6-15(24-8-13)19(23)9-28-10-19/h1-6,8,14,16-17,26H,7,9-10,23H2,(H,25,27)/t14-,16+/m1/s1. The largest absolute Gasteiger partial charge is 0.386 e. The van der Waals surface area contributed by atoms with Crippen LogP contribution in [-0.4, -0.2) is 46.8 Å². The van der Waals surface area contributed by atoms with E-state index in [1.165, 1.54) is 0 Å². The Kier molecular flexibility index (Phi) is 6.52. The molecule has 1 aliphatic rings. The Morgan fingerprint density at radius 3 is 2.36 bits per heavy atom. The number of carbonyl (C=O) groups is 1. The summed E-state index contributed by atoms with van der Waals surface area (Å²) in [6, 6.07) is 9.50. The van der Waals surface area contributed by atoms with E-state index in [0.717, 1.165) is 16.8 Å². The predicted octanol–water partition coefficient (Wildman–Crippen LogP) is 2.22. The molecular formula is C19H20Cl2FN3O3. The van der Waals surface area contributed by atoms with E-state index in [4.69, 9.17) is 33.7 Å². The highest BCUT2D eigenvalue weighted by Gasteiger charge is 2.37. The van der Waals surface area contributed by atoms with Crippen molar-refractivity contribution in [3.05, 3.63) is 53.9 Å². The maximum atomic E-state index is 13.2. The minimum Gasteiger partial charge on any atom is -0.386 e. The van der Waals surface area contributed by atoms with Crippen molar-refractivity contribution >= 4 is 29.1 Å². The molecule has 3 rings (SSSR count). The van der Waals surface area contributed by atoms with Crippen LogP contribution in [0.5, 0.6) is 0 Å². The third-order valence-electron chi connectivity index (χ3n) is 4.65. The van der Waals surface area contributed by atoms with Crippen molar-refractivity contribution in [2.75, 3.05) is 19.9 Å². The van der Waals surface area contributed by atoms with Crippen molar-refractivity contribution in [1.82, 2.24) is 10.3 Å². The molecule has 150 valence electrons. The zero-order chi connectivity index (χ0) is 20.3. The van der Waals surface area contributed by atoms with Gasteiger partial charge in [-0.25, -0.2) is 4.39 Å². The molecule has 0 unspecified atom stereocenters. The molecule has 1 aromatic carbocycles. The second-order valence-corrected chi connectivity index (χ2v) is 7.81. The second kappa shape index (κ2) is 8.71. The summed E-state index contributed by atoms with van der Waals surface area (Å²) in [6.07, 6.45) is 0.477. The number of nitrogens with two attached hydrogens (primary N) is 1. The van der Waals surface area contributed by atoms with Crippen LogP contribution < -0.4 is 11.1 Å². The van der Waals surface area contributed by atoms with Gasteiger partial charge in [-0.1, -0.05) is 53.5 Å². The van der Waals surface area contributed by atoms with Crippen LogP contribution in [0.25, 0.3) is 11.1 Å². The Hall–Kier alpha value is -1.77. The number of alkyl halides is 3. The van der Waals surface area contributed by atoms with Crippen LogP contribution in [-0.2, 0) is 15.1 Å². The summed E-state index contributed by atoms with van der Waals surface area (Å²) in [4.78, 5) is 14.6. The van der Waals surface area contributed by atoms with Crippen molar-refractivity contribution in [2.24, 2.45) is 5.73 Å². The highest BCUT2D eigenvalue weighted by Crippen LogP contribution is 2.28. The lowest BCUT2D eigenvalue weighted by molar-refractivity contribution is -0.121. The number of pyridine rings is 1. The summed E-state index contributed by atoms with van der Waals surface area (Å²) in [7, 11) is 0. The first-order valence-electron chi connectivity index (χ1n) is 8.60. The Morgan fingerprint density at radius 2 is 1.89 bits per heavy atom. The molecule has 0 aliphatic carbocycles. The number of aliphatic hydroxyl groups is 1. The van der Waals surface area contributed by atoms with E-state index >= 15 is 0 Å². The van der Waals surface area contributed by atoms with E-state index in [1.807, 2.05) is 12.1 Å². The smallest absolute Gasteiger partial charge is 0.253 e. The SMILES string of the molecule is NC1(c2ccc(-c3ccc([C@H](O)[C@@H](CF)NC(=O)C(Cl)Cl)cc3)cn2)COC1. The first-order valence-corrected chi connectivity index (χ1v) is 9.47. The number of nitrogens with zero attached hydrogens (tertiary/aromatic N) is 1. The van der Waals surface area contributed by atoms with Crippen molar-refractivity contribution in [3.63, 3.8) is 0 Å². The highest BCUT2D eigenvalue weighted by atomic mass is 35.5. The zero-order valence-corrected chi connectivity index (χ0v) is 16.3. The van der Waals surface area contributed by atoms with Crippen molar-refractivity contribution in [1.29, 1.82) is 0 Å². The summed E-state index contributed by atoms with van der Waals surface area (Å²) in [6.45, 7) is -0.0656. The van der Waals surface area contributed by atoms with Crippen LogP contribution in [0.3, 0.4) is 0 Å². The van der Waals surface area contributed by atoms with Crippen molar-refractivity contribution < 1.29 is 19.0 Å². The fourth-order valence-electron chi connectivity index (χ4n) is 2.88. The van der Waals surface area contributed by atoms with Crippen LogP contribution in [0.15, 0.2) is 42.6 Å². The maximum Gasteiger partial charge on any atom is 0.253 e. The molecule has 2 heterocycles. The van der Waals surface area contributed by atoms with Gasteiger partial charge in [-0.05, 0) is 17.2 Å². The van der Waals surface area contributed by atoms with Crippen molar-refractivity contribution in [3.8, 4) is 11.1 Å². The van der Waals surface area contributed by atoms with Crippen LogP contribution in [0, 0.1) is 0 Å². The number of aromatic nitrogens is 1. The summed E-state index contributed by atoms with van der Waals surface area (Å²) in [5.74, 6) is -0.762. The average Bonchev–Trinajstić information content (AvgIpc) is 2.69. The van der Waals surface area contributed by atoms with Gasteiger partial charge < -0.3 is 20.9 Å². The average molecular weight is 428 g/mol. The molecule has 0 bridgehead atoms. The van der Waals surface area contributed by atoms with Gasteiger partial charge >= 0.3 is 0 Å². The number of rotatable bonds is 7. The number of halogens is 3. The van der Waals surface area contributed by atoms with E-state index in [2.05, 4.69) is 10.3 Å². The Labute approximate surface area is 171 Å². The van der Waals surface area contributed by atoms with Gasteiger partial charge in [0, 0.05) is 11.8 Å². The molecular weight excluding hydrogens is 408 g/mol. The lowest BCUT2D eigenvalue weighted by atomic mass is 9.93. The summed E-state index contributed by atoms with van der Waals surface area (Å²) < 4.78 is 18.4. The van der Waals surface area contributed by atoms with Gasteiger partial charge in [-0.2, -0.15) is 0 Å². The summed E-state index contributed by atoms with van der Waals surface area (Å²) >= 11 is 10.9. The quantitative estimate of drug-likeness (QED) is 0.588. The number of hydrogen-bond donors (Lipinski definition) is 3. The highest BCUT2D eigenvalue weighted by molar-refractivity contribution is 6.53. The molecule has 0 saturated carbocycles. The molecule has 1 saturated heterocycles. The molecule has 1 fully saturated rings. The topological polar surface area (TPSA) is 97.5 Å². The van der Waals surface area contributed by atoms with Gasteiger partial charge in [-0.3, -0.25) is 9.78 Å². The number of ether oxygens (including phenoxy) is 1. The fourth-order valence-corrected chi connectivity index (χ4v) is 3.01. The first-order chi connectivity index (χ1) is 13.3. The van der Waals surface area contributed by atoms with E-state index in [9.17, 15) is 14.3 Å². The van der Waals surface area contributed by atoms with Crippen molar-refractivity contribution in [2.45, 2.75) is 22.5 Å². The van der Waals surface area contributed by atoms with Crippen LogP contribution in [0.1, 0.15) is 17.4 Å². The Morgan fingerprint density at radius 1 is 1.25 bits per heavy atom. The maximum absolute atomic E-state index is 13.2. The van der Waals surface area contributed by atoms with E-state index < -0.39 is 35.1 Å². The normalized spacial score (nSPS) is 17.6. The third-order valence-corrected chi connectivity index (χ3v) is 5.05. The Bertz CT molecular complexity index is 814. The van der Waals surface area contributed by atoms with E-state index in [-0.39, 0.29) is 0 Å². The minimum atomic E-state index is -1.33. The molecule has 2 aromatic rings. The summed E-state index contributed by atoms with van der Waals surface area (Å²) in [5, 5.41) is 12.6. The van der Waals surface area contributed by atoms with Crippen LogP contribution in [0.4, 0.5) is 4.39 Å². The number of aliphatic hydroxyl groups excluding tert-OH is 1. The molecule has 1 aliphatic heterocycles. The third kappa shape index (κ3) is 4.45. The monoisotopic (exact) mass is 427 g/mol. The number of carbonyl (C=O) groups excluding carboxylic acids is 1. The molecule has 2 atom stereocenters. The Balaban J connectivity index is 1.71. The number of nitrogens with one attached hydrogen (secondary N) is 1. The number of amides is 1. The molecule has 1 aromatic heterocycles. The lowest BCUT2D eigenvalue weighted by Gasteiger charge is -2.37. The van der Waals surface area contributed by atoms with Gasteiger partial charge in [0.05, 0.1) is 24.9 Å². The molecule has 9 heteroatoms. The van der Waals surface area contributed by atoms with Gasteiger partial charge in [-0.15, -0.1) is 0 Å². The van der Waals surface area contributed by atoms with E-state index in [0.29, 0.717) is 18.8 Å². The van der Waals surface area contributed by atoms with Gasteiger partial charge in [0.15, 0.2) is 4.84 Å². The molecule has 1 amide bonds. The first kappa shape index (κ1) is 21.0. The molecule has 0 radical (unpaired) electrons. The second-order valence-electron chi connectivity index (χ2n) is 6.72. The van der Waals surface area contributed by atoms with Crippen LogP contribution >= 0.6 is 23.2 Å². The number of hydrogen-bond acceptors (Lipinski definition) is 5.